The highest BCUT2D eigenvalue weighted by molar-refractivity contribution is 6.33. The van der Waals surface area contributed by atoms with Gasteiger partial charge in [-0.3, -0.25) is 0 Å². The molecule has 30 heavy (non-hydrogen) atoms. The Balaban J connectivity index is 1.93. The lowest BCUT2D eigenvalue weighted by atomic mass is 10.0. The average molecular weight is 451 g/mol. The molecule has 0 aromatic heterocycles. The van der Waals surface area contributed by atoms with Gasteiger partial charge in [0.2, 0.25) is 0 Å². The number of carbonyl (C=O) groups is 2. The summed E-state index contributed by atoms with van der Waals surface area (Å²) in [4.78, 5) is 27.7. The van der Waals surface area contributed by atoms with E-state index in [2.05, 4.69) is 4.90 Å². The minimum absolute atomic E-state index is 0.124. The van der Waals surface area contributed by atoms with Gasteiger partial charge in [0.1, 0.15) is 5.60 Å². The van der Waals surface area contributed by atoms with Crippen LogP contribution in [0.4, 0.5) is 10.5 Å². The molecule has 0 saturated carbocycles. The Morgan fingerprint density at radius 2 is 1.73 bits per heavy atom. The zero-order valence-corrected chi connectivity index (χ0v) is 18.6. The van der Waals surface area contributed by atoms with Crippen molar-refractivity contribution in [1.29, 1.82) is 0 Å². The molecular weight excluding hydrogens is 427 g/mol. The summed E-state index contributed by atoms with van der Waals surface area (Å²) >= 11 is 12.5. The fraction of sp³-hybridized carbons (Fsp3) is 0.364. The van der Waals surface area contributed by atoms with Gasteiger partial charge >= 0.3 is 12.1 Å². The highest BCUT2D eigenvalue weighted by Crippen LogP contribution is 2.36. The van der Waals surface area contributed by atoms with Gasteiger partial charge in [-0.05, 0) is 56.7 Å². The molecule has 1 amide bonds. The quantitative estimate of drug-likeness (QED) is 0.669. The third kappa shape index (κ3) is 5.18. The molecule has 2 aromatic carbocycles. The number of carbonyl (C=O) groups excluding carboxylic acids is 1. The summed E-state index contributed by atoms with van der Waals surface area (Å²) in [5, 5.41) is 10.2. The number of amides is 1. The van der Waals surface area contributed by atoms with Crippen LogP contribution in [0.1, 0.15) is 42.7 Å². The summed E-state index contributed by atoms with van der Waals surface area (Å²) in [5.41, 5.74) is 1.22. The van der Waals surface area contributed by atoms with E-state index in [-0.39, 0.29) is 17.7 Å². The number of halogens is 2. The molecule has 1 aliphatic heterocycles. The minimum Gasteiger partial charge on any atom is -0.478 e. The van der Waals surface area contributed by atoms with Crippen LogP contribution in [0, 0.1) is 0 Å². The molecule has 6 nitrogen and oxygen atoms in total. The van der Waals surface area contributed by atoms with Crippen LogP contribution in [0.25, 0.3) is 0 Å². The van der Waals surface area contributed by atoms with Crippen molar-refractivity contribution in [3.8, 4) is 0 Å². The monoisotopic (exact) mass is 450 g/mol. The van der Waals surface area contributed by atoms with Crippen molar-refractivity contribution in [3.05, 3.63) is 63.6 Å². The van der Waals surface area contributed by atoms with E-state index < -0.39 is 11.6 Å². The zero-order valence-electron chi connectivity index (χ0n) is 17.1. The topological polar surface area (TPSA) is 70.1 Å². The Labute approximate surface area is 185 Å². The van der Waals surface area contributed by atoms with Crippen LogP contribution < -0.4 is 4.90 Å². The molecule has 3 rings (SSSR count). The minimum atomic E-state index is -1.03. The molecule has 0 radical (unpaired) electrons. The summed E-state index contributed by atoms with van der Waals surface area (Å²) < 4.78 is 5.54. The number of piperazine rings is 1. The van der Waals surface area contributed by atoms with Crippen LogP contribution in [-0.4, -0.2) is 47.3 Å². The third-order valence-electron chi connectivity index (χ3n) is 4.79. The normalized spacial score (nSPS) is 17.0. The summed E-state index contributed by atoms with van der Waals surface area (Å²) in [5.74, 6) is -1.03. The van der Waals surface area contributed by atoms with Crippen molar-refractivity contribution in [2.75, 3.05) is 24.5 Å². The highest BCUT2D eigenvalue weighted by atomic mass is 35.5. The van der Waals surface area contributed by atoms with Crippen molar-refractivity contribution in [1.82, 2.24) is 4.90 Å². The Hall–Kier alpha value is -2.44. The van der Waals surface area contributed by atoms with E-state index in [9.17, 15) is 14.7 Å². The number of rotatable bonds is 3. The van der Waals surface area contributed by atoms with Crippen molar-refractivity contribution >= 4 is 41.0 Å². The lowest BCUT2D eigenvalue weighted by Crippen LogP contribution is -2.51. The zero-order chi connectivity index (χ0) is 22.1. The van der Waals surface area contributed by atoms with Gasteiger partial charge in [-0.15, -0.1) is 0 Å². The third-order valence-corrected chi connectivity index (χ3v) is 5.35. The van der Waals surface area contributed by atoms with Gasteiger partial charge in [0.15, 0.2) is 0 Å². The summed E-state index contributed by atoms with van der Waals surface area (Å²) in [6.07, 6.45) is -0.367. The summed E-state index contributed by atoms with van der Waals surface area (Å²) in [6, 6.07) is 11.9. The van der Waals surface area contributed by atoms with E-state index in [4.69, 9.17) is 27.9 Å². The van der Waals surface area contributed by atoms with Crippen LogP contribution in [0.15, 0.2) is 42.5 Å². The van der Waals surface area contributed by atoms with Gasteiger partial charge in [0, 0.05) is 24.7 Å². The molecular formula is C22H24Cl2N2O4. The number of nitrogens with zero attached hydrogens (tertiary/aromatic N) is 2. The first-order valence-electron chi connectivity index (χ1n) is 9.58. The lowest BCUT2D eigenvalue weighted by Gasteiger charge is -2.43. The van der Waals surface area contributed by atoms with Gasteiger partial charge in [-0.2, -0.15) is 0 Å². The Kier molecular flexibility index (Phi) is 6.48. The Bertz CT molecular complexity index is 941. The largest absolute Gasteiger partial charge is 0.478 e. The maximum atomic E-state index is 12.6. The number of benzene rings is 2. The molecule has 1 fully saturated rings. The lowest BCUT2D eigenvalue weighted by molar-refractivity contribution is 0.0214. The smallest absolute Gasteiger partial charge is 0.410 e. The fourth-order valence-corrected chi connectivity index (χ4v) is 3.82. The van der Waals surface area contributed by atoms with Crippen molar-refractivity contribution in [2.45, 2.75) is 32.4 Å². The predicted molar refractivity (Wildman–Crippen MR) is 118 cm³/mol. The van der Waals surface area contributed by atoms with Gasteiger partial charge in [0.25, 0.3) is 0 Å². The van der Waals surface area contributed by atoms with Crippen molar-refractivity contribution in [3.63, 3.8) is 0 Å². The van der Waals surface area contributed by atoms with E-state index in [0.717, 1.165) is 5.56 Å². The maximum absolute atomic E-state index is 12.6. The molecule has 0 bridgehead atoms. The maximum Gasteiger partial charge on any atom is 0.410 e. The number of ether oxygens (including phenoxy) is 1. The van der Waals surface area contributed by atoms with Gasteiger partial charge in [-0.1, -0.05) is 35.3 Å². The van der Waals surface area contributed by atoms with Crippen molar-refractivity contribution in [2.24, 2.45) is 0 Å². The number of carboxylic acids is 1. The van der Waals surface area contributed by atoms with Crippen LogP contribution in [0.5, 0.6) is 0 Å². The number of hydrogen-bond acceptors (Lipinski definition) is 4. The molecule has 0 unspecified atom stereocenters. The summed E-state index contributed by atoms with van der Waals surface area (Å²) in [6.45, 7) is 6.87. The number of anilines is 1. The first-order valence-corrected chi connectivity index (χ1v) is 10.3. The standard InChI is InChI=1S/C22H24Cl2N2O4/c1-22(2,3)30-21(29)25-10-11-26(18-9-6-15(20(27)28)12-17(18)24)19(13-25)14-4-7-16(23)8-5-14/h4-9,12,19H,10-11,13H2,1-3H3,(H,27,28)/t19-/m0/s1. The second-order valence-corrected chi connectivity index (χ2v) is 9.00. The first kappa shape index (κ1) is 22.2. The van der Waals surface area contributed by atoms with Crippen molar-refractivity contribution < 1.29 is 19.4 Å². The molecule has 0 aliphatic carbocycles. The second-order valence-electron chi connectivity index (χ2n) is 8.16. The van der Waals surface area contributed by atoms with Crippen LogP contribution in [-0.2, 0) is 4.74 Å². The van der Waals surface area contributed by atoms with E-state index in [1.165, 1.54) is 12.1 Å². The molecule has 0 spiro atoms. The van der Waals surface area contributed by atoms with E-state index >= 15 is 0 Å². The first-order chi connectivity index (χ1) is 14.0. The number of aromatic carboxylic acids is 1. The second kappa shape index (κ2) is 8.74. The predicted octanol–water partition coefficient (Wildman–Crippen LogP) is 5.49. The van der Waals surface area contributed by atoms with Crippen LogP contribution in [0.3, 0.4) is 0 Å². The van der Waals surface area contributed by atoms with E-state index in [0.29, 0.717) is 35.4 Å². The van der Waals surface area contributed by atoms with E-state index in [1.807, 2.05) is 32.9 Å². The molecule has 160 valence electrons. The molecule has 1 N–H and O–H groups in total. The fourth-order valence-electron chi connectivity index (χ4n) is 3.41. The molecule has 8 heteroatoms. The average Bonchev–Trinajstić information content (AvgIpc) is 2.67. The number of hydrogen-bond donors (Lipinski definition) is 1. The molecule has 2 aromatic rings. The molecule has 1 aliphatic rings. The van der Waals surface area contributed by atoms with Crippen LogP contribution in [0.2, 0.25) is 10.0 Å². The van der Waals surface area contributed by atoms with Gasteiger partial charge in [-0.25, -0.2) is 9.59 Å². The molecule has 1 atom stereocenters. The SMILES string of the molecule is CC(C)(C)OC(=O)N1CCN(c2ccc(C(=O)O)cc2Cl)[C@H](c2ccc(Cl)cc2)C1. The Morgan fingerprint density at radius 3 is 2.30 bits per heavy atom. The highest BCUT2D eigenvalue weighted by Gasteiger charge is 2.34. The Morgan fingerprint density at radius 1 is 1.07 bits per heavy atom. The van der Waals surface area contributed by atoms with Gasteiger partial charge < -0.3 is 19.6 Å². The summed E-state index contributed by atoms with van der Waals surface area (Å²) in [7, 11) is 0. The molecule has 1 heterocycles. The van der Waals surface area contributed by atoms with Gasteiger partial charge in [0.05, 0.1) is 22.3 Å². The molecule has 1 saturated heterocycles. The number of carboxylic acid groups (broad SMARTS) is 1. The van der Waals surface area contributed by atoms with Crippen LogP contribution >= 0.6 is 23.2 Å². The van der Waals surface area contributed by atoms with E-state index in [1.54, 1.807) is 23.1 Å².